The van der Waals surface area contributed by atoms with Gasteiger partial charge in [-0.3, -0.25) is 9.48 Å². The molecule has 2 heterocycles. The van der Waals surface area contributed by atoms with Gasteiger partial charge in [0, 0.05) is 36.7 Å². The molecule has 8 heteroatoms. The molecular formula is C23H25Cl2FN4O. The third-order valence-electron chi connectivity index (χ3n) is 5.71. The summed E-state index contributed by atoms with van der Waals surface area (Å²) >= 11 is 6.27. The molecule has 164 valence electrons. The molecule has 0 radical (unpaired) electrons. The number of halogens is 3. The van der Waals surface area contributed by atoms with Gasteiger partial charge in [-0.2, -0.15) is 5.10 Å². The molecule has 0 saturated carbocycles. The first-order valence-electron chi connectivity index (χ1n) is 9.99. The van der Waals surface area contributed by atoms with Crippen LogP contribution in [0, 0.1) is 12.7 Å². The van der Waals surface area contributed by atoms with E-state index in [1.54, 1.807) is 29.1 Å². The van der Waals surface area contributed by atoms with Crippen molar-refractivity contribution in [3.05, 3.63) is 76.2 Å². The van der Waals surface area contributed by atoms with Gasteiger partial charge in [-0.05, 0) is 55.3 Å². The molecule has 5 nitrogen and oxygen atoms in total. The van der Waals surface area contributed by atoms with Gasteiger partial charge in [-0.25, -0.2) is 4.39 Å². The molecular weight excluding hydrogens is 438 g/mol. The van der Waals surface area contributed by atoms with Crippen LogP contribution < -0.4 is 10.6 Å². The van der Waals surface area contributed by atoms with E-state index in [2.05, 4.69) is 15.7 Å². The van der Waals surface area contributed by atoms with Gasteiger partial charge in [0.25, 0.3) is 5.91 Å². The van der Waals surface area contributed by atoms with Crippen LogP contribution in [0.5, 0.6) is 0 Å². The van der Waals surface area contributed by atoms with Crippen LogP contribution in [-0.4, -0.2) is 34.8 Å². The number of aryl methyl sites for hydroxylation is 2. The van der Waals surface area contributed by atoms with Gasteiger partial charge in [-0.15, -0.1) is 12.4 Å². The number of carbonyl (C=O) groups excluding carboxylic acids is 1. The minimum atomic E-state index is -0.254. The lowest BCUT2D eigenvalue weighted by molar-refractivity contribution is 0.0924. The standard InChI is InChI=1S/C23H24ClFN4O.ClH/c1-14-10-16(6-7-18(14)22-20(24)12-27-29(22)2)23(30)28-21-13-26-9-8-19(21)15-4-3-5-17(25)11-15;/h3-7,10-12,19,21,26H,8-9,13H2,1-2H3,(H,28,30);1H/t19-,21+;/m0./s1. The summed E-state index contributed by atoms with van der Waals surface area (Å²) in [5.41, 5.74) is 4.20. The third-order valence-corrected chi connectivity index (χ3v) is 5.99. The van der Waals surface area contributed by atoms with E-state index in [0.717, 1.165) is 35.3 Å². The normalized spacial score (nSPS) is 18.3. The highest BCUT2D eigenvalue weighted by atomic mass is 35.5. The van der Waals surface area contributed by atoms with Gasteiger partial charge in [0.1, 0.15) is 5.82 Å². The smallest absolute Gasteiger partial charge is 0.251 e. The first kappa shape index (κ1) is 23.3. The minimum absolute atomic E-state index is 0. The largest absolute Gasteiger partial charge is 0.347 e. The highest BCUT2D eigenvalue weighted by molar-refractivity contribution is 6.33. The topological polar surface area (TPSA) is 59.0 Å². The van der Waals surface area contributed by atoms with Crippen molar-refractivity contribution in [3.8, 4) is 11.3 Å². The molecule has 4 rings (SSSR count). The van der Waals surface area contributed by atoms with E-state index in [1.807, 2.05) is 32.2 Å². The fourth-order valence-electron chi connectivity index (χ4n) is 4.18. The summed E-state index contributed by atoms with van der Waals surface area (Å²) in [5, 5.41) is 11.2. The maximum atomic E-state index is 13.7. The van der Waals surface area contributed by atoms with Crippen molar-refractivity contribution in [2.75, 3.05) is 13.1 Å². The van der Waals surface area contributed by atoms with Crippen molar-refractivity contribution in [1.82, 2.24) is 20.4 Å². The molecule has 0 bridgehead atoms. The highest BCUT2D eigenvalue weighted by Crippen LogP contribution is 2.31. The second-order valence-electron chi connectivity index (χ2n) is 7.73. The van der Waals surface area contributed by atoms with E-state index in [4.69, 9.17) is 11.6 Å². The Morgan fingerprint density at radius 1 is 1.29 bits per heavy atom. The van der Waals surface area contributed by atoms with E-state index in [-0.39, 0.29) is 36.1 Å². The number of benzene rings is 2. The number of carbonyl (C=O) groups is 1. The zero-order valence-corrected chi connectivity index (χ0v) is 18.9. The second kappa shape index (κ2) is 9.81. The zero-order valence-electron chi connectivity index (χ0n) is 17.4. The van der Waals surface area contributed by atoms with E-state index >= 15 is 0 Å². The van der Waals surface area contributed by atoms with Crippen LogP contribution >= 0.6 is 24.0 Å². The lowest BCUT2D eigenvalue weighted by Crippen LogP contribution is -2.50. The van der Waals surface area contributed by atoms with Gasteiger partial charge in [0.2, 0.25) is 0 Å². The van der Waals surface area contributed by atoms with Crippen LogP contribution in [0.1, 0.15) is 33.8 Å². The van der Waals surface area contributed by atoms with Gasteiger partial charge >= 0.3 is 0 Å². The third kappa shape index (κ3) is 4.92. The number of aromatic nitrogens is 2. The van der Waals surface area contributed by atoms with E-state index in [0.29, 0.717) is 17.1 Å². The van der Waals surface area contributed by atoms with Crippen LogP contribution in [0.25, 0.3) is 11.3 Å². The number of piperidine rings is 1. The lowest BCUT2D eigenvalue weighted by Gasteiger charge is -2.33. The highest BCUT2D eigenvalue weighted by Gasteiger charge is 2.28. The van der Waals surface area contributed by atoms with Crippen LogP contribution in [0.2, 0.25) is 5.02 Å². The van der Waals surface area contributed by atoms with E-state index in [1.165, 1.54) is 6.07 Å². The fraction of sp³-hybridized carbons (Fsp3) is 0.304. The van der Waals surface area contributed by atoms with Crippen LogP contribution in [0.15, 0.2) is 48.7 Å². The molecule has 1 amide bonds. The Kier molecular flexibility index (Phi) is 7.36. The molecule has 1 aliphatic heterocycles. The molecule has 2 atom stereocenters. The molecule has 2 aromatic carbocycles. The predicted octanol–water partition coefficient (Wildman–Crippen LogP) is 4.49. The summed E-state index contributed by atoms with van der Waals surface area (Å²) < 4.78 is 15.4. The summed E-state index contributed by atoms with van der Waals surface area (Å²) in [7, 11) is 1.84. The summed E-state index contributed by atoms with van der Waals surface area (Å²) in [5.74, 6) is -0.327. The van der Waals surface area contributed by atoms with Crippen LogP contribution in [0.3, 0.4) is 0 Å². The molecule has 2 N–H and O–H groups in total. The van der Waals surface area contributed by atoms with Crippen molar-refractivity contribution in [3.63, 3.8) is 0 Å². The Balaban J connectivity index is 0.00000272. The summed E-state index contributed by atoms with van der Waals surface area (Å²) in [6, 6.07) is 12.1. The number of hydrogen-bond donors (Lipinski definition) is 2. The van der Waals surface area contributed by atoms with Gasteiger partial charge in [0.15, 0.2) is 0 Å². The molecule has 0 spiro atoms. The molecule has 1 saturated heterocycles. The van der Waals surface area contributed by atoms with Crippen LogP contribution in [0.4, 0.5) is 4.39 Å². The lowest BCUT2D eigenvalue weighted by atomic mass is 9.86. The SMILES string of the molecule is Cc1cc(C(=O)N[C@@H]2CNCC[C@H]2c2cccc(F)c2)ccc1-c1c(Cl)cnn1C.Cl. The maximum absolute atomic E-state index is 13.7. The van der Waals surface area contributed by atoms with Crippen molar-refractivity contribution in [2.24, 2.45) is 7.05 Å². The van der Waals surface area contributed by atoms with Crippen molar-refractivity contribution in [1.29, 1.82) is 0 Å². The number of nitrogens with zero attached hydrogens (tertiary/aromatic N) is 2. The Hall–Kier alpha value is -2.41. The Morgan fingerprint density at radius 3 is 2.77 bits per heavy atom. The average Bonchev–Trinajstić information content (AvgIpc) is 3.06. The number of rotatable bonds is 4. The van der Waals surface area contributed by atoms with E-state index < -0.39 is 0 Å². The van der Waals surface area contributed by atoms with Gasteiger partial charge in [0.05, 0.1) is 16.9 Å². The average molecular weight is 463 g/mol. The number of hydrogen-bond acceptors (Lipinski definition) is 3. The van der Waals surface area contributed by atoms with Gasteiger partial charge in [-0.1, -0.05) is 29.8 Å². The molecule has 0 aliphatic carbocycles. The van der Waals surface area contributed by atoms with E-state index in [9.17, 15) is 9.18 Å². The van der Waals surface area contributed by atoms with Crippen molar-refractivity contribution < 1.29 is 9.18 Å². The second-order valence-corrected chi connectivity index (χ2v) is 8.14. The van der Waals surface area contributed by atoms with Crippen molar-refractivity contribution in [2.45, 2.75) is 25.3 Å². The molecule has 1 aliphatic rings. The fourth-order valence-corrected chi connectivity index (χ4v) is 4.45. The van der Waals surface area contributed by atoms with Crippen molar-refractivity contribution >= 4 is 29.9 Å². The first-order valence-corrected chi connectivity index (χ1v) is 10.4. The summed E-state index contributed by atoms with van der Waals surface area (Å²) in [6.45, 7) is 3.44. The quantitative estimate of drug-likeness (QED) is 0.600. The Labute approximate surface area is 192 Å². The molecule has 3 aromatic rings. The Morgan fingerprint density at radius 2 is 2.10 bits per heavy atom. The molecule has 0 unspecified atom stereocenters. The monoisotopic (exact) mass is 462 g/mol. The number of nitrogens with one attached hydrogen (secondary N) is 2. The molecule has 31 heavy (non-hydrogen) atoms. The van der Waals surface area contributed by atoms with Crippen LogP contribution in [-0.2, 0) is 7.05 Å². The summed E-state index contributed by atoms with van der Waals surface area (Å²) in [4.78, 5) is 13.0. The number of amides is 1. The Bertz CT molecular complexity index is 1070. The molecule has 1 fully saturated rings. The van der Waals surface area contributed by atoms with Gasteiger partial charge < -0.3 is 10.6 Å². The predicted molar refractivity (Wildman–Crippen MR) is 124 cm³/mol. The zero-order chi connectivity index (χ0) is 21.3. The minimum Gasteiger partial charge on any atom is -0.347 e. The molecule has 1 aromatic heterocycles. The maximum Gasteiger partial charge on any atom is 0.251 e. The first-order chi connectivity index (χ1) is 14.4. The summed E-state index contributed by atoms with van der Waals surface area (Å²) in [6.07, 6.45) is 2.45.